The standard InChI is InChI=1S/C25H32N2O3/c1-17(2)22-13-8-18(3)16-23(22)30-19(4)24(28)26-21-11-9-20(10-12-21)25(29)27-14-6-5-7-15-27/h8-13,16-17,19H,5-7,14-15H2,1-4H3,(H,26,28)/t19-/m0/s1. The molecule has 0 spiro atoms. The number of carbonyl (C=O) groups excluding carboxylic acids is 2. The summed E-state index contributed by atoms with van der Waals surface area (Å²) in [7, 11) is 0. The average Bonchev–Trinajstić information content (AvgIpc) is 2.74. The van der Waals surface area contributed by atoms with Crippen LogP contribution in [0.2, 0.25) is 0 Å². The first-order valence-electron chi connectivity index (χ1n) is 10.8. The van der Waals surface area contributed by atoms with Crippen LogP contribution in [0.25, 0.3) is 0 Å². The van der Waals surface area contributed by atoms with Crippen molar-refractivity contribution >= 4 is 17.5 Å². The van der Waals surface area contributed by atoms with E-state index >= 15 is 0 Å². The van der Waals surface area contributed by atoms with Crippen LogP contribution in [0.4, 0.5) is 5.69 Å². The van der Waals surface area contributed by atoms with Crippen LogP contribution in [0.5, 0.6) is 5.75 Å². The van der Waals surface area contributed by atoms with Crippen LogP contribution in [0.1, 0.15) is 67.4 Å². The van der Waals surface area contributed by atoms with Gasteiger partial charge in [0.25, 0.3) is 11.8 Å². The van der Waals surface area contributed by atoms with Gasteiger partial charge in [0.1, 0.15) is 5.75 Å². The zero-order valence-electron chi connectivity index (χ0n) is 18.4. The molecule has 1 atom stereocenters. The Morgan fingerprint density at radius 1 is 0.967 bits per heavy atom. The van der Waals surface area contributed by atoms with Gasteiger partial charge in [0, 0.05) is 24.3 Å². The number of anilines is 1. The van der Waals surface area contributed by atoms with Crippen molar-refractivity contribution in [1.29, 1.82) is 0 Å². The maximum atomic E-state index is 12.6. The summed E-state index contributed by atoms with van der Waals surface area (Å²) in [4.78, 5) is 27.1. The highest BCUT2D eigenvalue weighted by molar-refractivity contribution is 5.97. The third-order valence-electron chi connectivity index (χ3n) is 5.51. The molecule has 5 nitrogen and oxygen atoms in total. The molecule has 2 aromatic carbocycles. The first-order chi connectivity index (χ1) is 14.3. The monoisotopic (exact) mass is 408 g/mol. The highest BCUT2D eigenvalue weighted by Crippen LogP contribution is 2.28. The van der Waals surface area contributed by atoms with E-state index in [9.17, 15) is 9.59 Å². The Morgan fingerprint density at radius 2 is 1.63 bits per heavy atom. The molecule has 1 fully saturated rings. The number of rotatable bonds is 6. The molecule has 1 aliphatic rings. The fraction of sp³-hybridized carbons (Fsp3) is 0.440. The van der Waals surface area contributed by atoms with E-state index in [0.29, 0.717) is 17.2 Å². The van der Waals surface area contributed by atoms with Gasteiger partial charge in [-0.05, 0) is 80.5 Å². The molecule has 5 heteroatoms. The van der Waals surface area contributed by atoms with Crippen LogP contribution in [0.3, 0.4) is 0 Å². The number of carbonyl (C=O) groups is 2. The third-order valence-corrected chi connectivity index (χ3v) is 5.51. The number of benzene rings is 2. The van der Waals surface area contributed by atoms with Gasteiger partial charge in [0.05, 0.1) is 0 Å². The molecule has 0 aromatic heterocycles. The summed E-state index contributed by atoms with van der Waals surface area (Å²) in [6, 6.07) is 13.2. The number of nitrogens with zero attached hydrogens (tertiary/aromatic N) is 1. The maximum absolute atomic E-state index is 12.6. The van der Waals surface area contributed by atoms with E-state index in [1.807, 2.05) is 17.9 Å². The molecule has 30 heavy (non-hydrogen) atoms. The van der Waals surface area contributed by atoms with Gasteiger partial charge in [-0.1, -0.05) is 26.0 Å². The highest BCUT2D eigenvalue weighted by Gasteiger charge is 2.20. The number of piperidine rings is 1. The third kappa shape index (κ3) is 5.41. The second-order valence-electron chi connectivity index (χ2n) is 8.38. The molecule has 160 valence electrons. The molecule has 0 aliphatic carbocycles. The van der Waals surface area contributed by atoms with Crippen LogP contribution >= 0.6 is 0 Å². The number of hydrogen-bond acceptors (Lipinski definition) is 3. The lowest BCUT2D eigenvalue weighted by Gasteiger charge is -2.26. The molecule has 0 radical (unpaired) electrons. The fourth-order valence-electron chi connectivity index (χ4n) is 3.68. The van der Waals surface area contributed by atoms with Crippen molar-refractivity contribution in [3.8, 4) is 5.75 Å². The number of amides is 2. The minimum absolute atomic E-state index is 0.0601. The zero-order chi connectivity index (χ0) is 21.7. The van der Waals surface area contributed by atoms with Crippen molar-refractivity contribution in [3.05, 3.63) is 59.2 Å². The molecular formula is C25H32N2O3. The fourth-order valence-corrected chi connectivity index (χ4v) is 3.68. The molecule has 0 bridgehead atoms. The minimum atomic E-state index is -0.640. The van der Waals surface area contributed by atoms with Crippen LogP contribution in [-0.2, 0) is 4.79 Å². The van der Waals surface area contributed by atoms with Gasteiger partial charge in [-0.15, -0.1) is 0 Å². The molecule has 2 aromatic rings. The normalized spacial score (nSPS) is 15.0. The number of nitrogens with one attached hydrogen (secondary N) is 1. The van der Waals surface area contributed by atoms with E-state index in [4.69, 9.17) is 4.74 Å². The lowest BCUT2D eigenvalue weighted by molar-refractivity contribution is -0.122. The van der Waals surface area contributed by atoms with Crippen LogP contribution < -0.4 is 10.1 Å². The van der Waals surface area contributed by atoms with Crippen molar-refractivity contribution < 1.29 is 14.3 Å². The van der Waals surface area contributed by atoms with E-state index < -0.39 is 6.10 Å². The Labute approximate surface area is 179 Å². The molecule has 0 saturated carbocycles. The zero-order valence-corrected chi connectivity index (χ0v) is 18.4. The number of ether oxygens (including phenoxy) is 1. The lowest BCUT2D eigenvalue weighted by atomic mass is 10.0. The maximum Gasteiger partial charge on any atom is 0.265 e. The van der Waals surface area contributed by atoms with Crippen molar-refractivity contribution in [3.63, 3.8) is 0 Å². The molecular weight excluding hydrogens is 376 g/mol. The van der Waals surface area contributed by atoms with Gasteiger partial charge in [-0.25, -0.2) is 0 Å². The SMILES string of the molecule is Cc1ccc(C(C)C)c(O[C@@H](C)C(=O)Nc2ccc(C(=O)N3CCCCC3)cc2)c1. The summed E-state index contributed by atoms with van der Waals surface area (Å²) in [5.41, 5.74) is 3.48. The highest BCUT2D eigenvalue weighted by atomic mass is 16.5. The Hall–Kier alpha value is -2.82. The summed E-state index contributed by atoms with van der Waals surface area (Å²) in [5, 5.41) is 2.88. The Balaban J connectivity index is 1.62. The summed E-state index contributed by atoms with van der Waals surface area (Å²) < 4.78 is 5.99. The van der Waals surface area contributed by atoms with Gasteiger partial charge >= 0.3 is 0 Å². The second kappa shape index (κ2) is 9.79. The Kier molecular flexibility index (Phi) is 7.14. The van der Waals surface area contributed by atoms with Crippen LogP contribution in [-0.4, -0.2) is 35.9 Å². The summed E-state index contributed by atoms with van der Waals surface area (Å²) >= 11 is 0. The Morgan fingerprint density at radius 3 is 2.27 bits per heavy atom. The number of aryl methyl sites for hydroxylation is 1. The topological polar surface area (TPSA) is 58.6 Å². The first-order valence-corrected chi connectivity index (χ1v) is 10.8. The number of hydrogen-bond donors (Lipinski definition) is 1. The largest absolute Gasteiger partial charge is 0.481 e. The average molecular weight is 409 g/mol. The van der Waals surface area contributed by atoms with Gasteiger partial charge in [0.2, 0.25) is 0 Å². The van der Waals surface area contributed by atoms with E-state index in [1.165, 1.54) is 6.42 Å². The minimum Gasteiger partial charge on any atom is -0.481 e. The molecule has 2 amide bonds. The quantitative estimate of drug-likeness (QED) is 0.719. The molecule has 1 saturated heterocycles. The van der Waals surface area contributed by atoms with Gasteiger partial charge in [-0.2, -0.15) is 0 Å². The van der Waals surface area contributed by atoms with E-state index in [2.05, 4.69) is 31.3 Å². The summed E-state index contributed by atoms with van der Waals surface area (Å²) in [6.07, 6.45) is 2.68. The predicted molar refractivity (Wildman–Crippen MR) is 120 cm³/mol. The van der Waals surface area contributed by atoms with Crippen molar-refractivity contribution in [2.75, 3.05) is 18.4 Å². The molecule has 3 rings (SSSR count). The van der Waals surface area contributed by atoms with Gasteiger partial charge in [0.15, 0.2) is 6.10 Å². The van der Waals surface area contributed by atoms with Crippen LogP contribution in [0.15, 0.2) is 42.5 Å². The second-order valence-corrected chi connectivity index (χ2v) is 8.38. The molecule has 0 unspecified atom stereocenters. The summed E-state index contributed by atoms with van der Waals surface area (Å²) in [5.74, 6) is 0.891. The van der Waals surface area contributed by atoms with Crippen LogP contribution in [0, 0.1) is 6.92 Å². The summed E-state index contributed by atoms with van der Waals surface area (Å²) in [6.45, 7) is 9.61. The van der Waals surface area contributed by atoms with Crippen molar-refractivity contribution in [2.45, 2.75) is 59.0 Å². The van der Waals surface area contributed by atoms with E-state index in [-0.39, 0.29) is 11.8 Å². The molecule has 1 aliphatic heterocycles. The van der Waals surface area contributed by atoms with Crippen molar-refractivity contribution in [2.24, 2.45) is 0 Å². The lowest BCUT2D eigenvalue weighted by Crippen LogP contribution is -2.35. The first kappa shape index (κ1) is 21.9. The molecule has 1 N–H and O–H groups in total. The Bertz CT molecular complexity index is 884. The van der Waals surface area contributed by atoms with Crippen molar-refractivity contribution in [1.82, 2.24) is 4.90 Å². The number of likely N-dealkylation sites (tertiary alicyclic amines) is 1. The molecule has 1 heterocycles. The predicted octanol–water partition coefficient (Wildman–Crippen LogP) is 5.15. The van der Waals surface area contributed by atoms with Gasteiger partial charge in [-0.3, -0.25) is 9.59 Å². The van der Waals surface area contributed by atoms with E-state index in [1.54, 1.807) is 31.2 Å². The van der Waals surface area contributed by atoms with E-state index in [0.717, 1.165) is 42.8 Å². The van der Waals surface area contributed by atoms with Gasteiger partial charge < -0.3 is 15.0 Å². The smallest absolute Gasteiger partial charge is 0.265 e.